The fraction of sp³-hybridized carbons (Fsp3) is 0.357. The van der Waals surface area contributed by atoms with Gasteiger partial charge in [0.1, 0.15) is 11.6 Å². The lowest BCUT2D eigenvalue weighted by Crippen LogP contribution is -2.04. The second kappa shape index (κ2) is 5.69. The molecule has 1 atom stereocenters. The Bertz CT molecular complexity index is 488. The monoisotopic (exact) mass is 245 g/mol. The first-order valence-corrected chi connectivity index (χ1v) is 6.24. The lowest BCUT2D eigenvalue weighted by Gasteiger charge is -2.05. The van der Waals surface area contributed by atoms with Gasteiger partial charge < -0.3 is 15.5 Å². The predicted molar refractivity (Wildman–Crippen MR) is 72.4 cm³/mol. The number of nitrogens with two attached hydrogens (primary N) is 1. The summed E-state index contributed by atoms with van der Waals surface area (Å²) in [5.41, 5.74) is 7.77. The number of ether oxygens (including phenoxy) is 1. The van der Waals surface area contributed by atoms with Crippen LogP contribution >= 0.6 is 0 Å². The largest absolute Gasteiger partial charge is 0.494 e. The zero-order valence-corrected chi connectivity index (χ0v) is 10.8. The van der Waals surface area contributed by atoms with E-state index in [2.05, 4.69) is 16.9 Å². The quantitative estimate of drug-likeness (QED) is 0.851. The van der Waals surface area contributed by atoms with Gasteiger partial charge in [0.15, 0.2) is 0 Å². The van der Waals surface area contributed by atoms with Crippen LogP contribution in [0.5, 0.6) is 5.75 Å². The maximum absolute atomic E-state index is 5.79. The first kappa shape index (κ1) is 12.6. The standard InChI is InChI=1S/C14H19N3O/c1-3-8-18-12-6-4-11(5-7-12)14-16-9-13(17-14)10(2)15/h4-7,9-10H,3,8,15H2,1-2H3,(H,16,17). The van der Waals surface area contributed by atoms with Crippen LogP contribution in [0.1, 0.15) is 32.0 Å². The summed E-state index contributed by atoms with van der Waals surface area (Å²) >= 11 is 0. The number of nitrogens with one attached hydrogen (secondary N) is 1. The molecule has 1 aromatic heterocycles. The highest BCUT2D eigenvalue weighted by Gasteiger charge is 2.06. The van der Waals surface area contributed by atoms with Gasteiger partial charge in [-0.3, -0.25) is 0 Å². The summed E-state index contributed by atoms with van der Waals surface area (Å²) in [7, 11) is 0. The molecule has 96 valence electrons. The highest BCUT2D eigenvalue weighted by Crippen LogP contribution is 2.21. The molecule has 2 rings (SSSR count). The molecule has 4 heteroatoms. The van der Waals surface area contributed by atoms with Crippen LogP contribution in [0.4, 0.5) is 0 Å². The van der Waals surface area contributed by atoms with Gasteiger partial charge in [0, 0.05) is 11.6 Å². The van der Waals surface area contributed by atoms with Crippen molar-refractivity contribution in [2.24, 2.45) is 5.73 Å². The van der Waals surface area contributed by atoms with E-state index >= 15 is 0 Å². The van der Waals surface area contributed by atoms with Crippen molar-refractivity contribution in [1.29, 1.82) is 0 Å². The second-order valence-corrected chi connectivity index (χ2v) is 4.35. The van der Waals surface area contributed by atoms with Gasteiger partial charge in [-0.1, -0.05) is 6.92 Å². The summed E-state index contributed by atoms with van der Waals surface area (Å²) in [6.45, 7) is 4.76. The van der Waals surface area contributed by atoms with Gasteiger partial charge in [0.25, 0.3) is 0 Å². The van der Waals surface area contributed by atoms with Gasteiger partial charge in [-0.25, -0.2) is 4.98 Å². The summed E-state index contributed by atoms with van der Waals surface area (Å²) < 4.78 is 5.54. The molecule has 0 aliphatic heterocycles. The fourth-order valence-corrected chi connectivity index (χ4v) is 1.64. The Morgan fingerprint density at radius 2 is 2.06 bits per heavy atom. The molecule has 3 N–H and O–H groups in total. The van der Waals surface area contributed by atoms with E-state index in [0.29, 0.717) is 0 Å². The molecule has 0 amide bonds. The summed E-state index contributed by atoms with van der Waals surface area (Å²) in [6.07, 6.45) is 2.79. The molecular formula is C14H19N3O. The maximum atomic E-state index is 5.79. The average Bonchev–Trinajstić information content (AvgIpc) is 2.87. The van der Waals surface area contributed by atoms with Gasteiger partial charge in [0.2, 0.25) is 0 Å². The maximum Gasteiger partial charge on any atom is 0.137 e. The molecule has 0 bridgehead atoms. The smallest absolute Gasteiger partial charge is 0.137 e. The van der Waals surface area contributed by atoms with E-state index in [9.17, 15) is 0 Å². The lowest BCUT2D eigenvalue weighted by molar-refractivity contribution is 0.317. The molecule has 0 saturated carbocycles. The van der Waals surface area contributed by atoms with Crippen molar-refractivity contribution in [3.63, 3.8) is 0 Å². The molecular weight excluding hydrogens is 226 g/mol. The molecule has 0 aliphatic carbocycles. The van der Waals surface area contributed by atoms with Crippen molar-refractivity contribution in [3.05, 3.63) is 36.2 Å². The Labute approximate surface area is 107 Å². The van der Waals surface area contributed by atoms with Crippen molar-refractivity contribution in [2.45, 2.75) is 26.3 Å². The topological polar surface area (TPSA) is 63.9 Å². The van der Waals surface area contributed by atoms with E-state index < -0.39 is 0 Å². The van der Waals surface area contributed by atoms with Crippen LogP contribution in [-0.2, 0) is 0 Å². The number of hydrogen-bond donors (Lipinski definition) is 2. The molecule has 1 aromatic carbocycles. The minimum atomic E-state index is -0.0292. The molecule has 4 nitrogen and oxygen atoms in total. The van der Waals surface area contributed by atoms with Crippen LogP contribution in [0.2, 0.25) is 0 Å². The van der Waals surface area contributed by atoms with Crippen LogP contribution in [0, 0.1) is 0 Å². The van der Waals surface area contributed by atoms with Crippen LogP contribution in [0.25, 0.3) is 11.4 Å². The number of aromatic nitrogens is 2. The third-order valence-corrected chi connectivity index (χ3v) is 2.69. The summed E-state index contributed by atoms with van der Waals surface area (Å²) in [5.74, 6) is 1.73. The molecule has 1 heterocycles. The number of benzene rings is 1. The van der Waals surface area contributed by atoms with E-state index in [1.54, 1.807) is 6.20 Å². The zero-order valence-electron chi connectivity index (χ0n) is 10.8. The van der Waals surface area contributed by atoms with Crippen LogP contribution < -0.4 is 10.5 Å². The van der Waals surface area contributed by atoms with E-state index in [4.69, 9.17) is 10.5 Å². The number of rotatable bonds is 5. The van der Waals surface area contributed by atoms with Crippen molar-refractivity contribution < 1.29 is 4.74 Å². The Kier molecular flexibility index (Phi) is 3.99. The average molecular weight is 245 g/mol. The first-order chi connectivity index (χ1) is 8.70. The molecule has 1 unspecified atom stereocenters. The minimum absolute atomic E-state index is 0.0292. The van der Waals surface area contributed by atoms with E-state index in [0.717, 1.165) is 35.9 Å². The summed E-state index contributed by atoms with van der Waals surface area (Å²) in [5, 5.41) is 0. The van der Waals surface area contributed by atoms with Gasteiger partial charge in [-0.15, -0.1) is 0 Å². The number of H-pyrrole nitrogens is 1. The van der Waals surface area contributed by atoms with Crippen molar-refractivity contribution >= 4 is 0 Å². The first-order valence-electron chi connectivity index (χ1n) is 6.24. The molecule has 0 radical (unpaired) electrons. The van der Waals surface area contributed by atoms with E-state index in [1.165, 1.54) is 0 Å². The van der Waals surface area contributed by atoms with Gasteiger partial charge in [0.05, 0.1) is 18.5 Å². The number of hydrogen-bond acceptors (Lipinski definition) is 3. The second-order valence-electron chi connectivity index (χ2n) is 4.35. The number of aromatic amines is 1. The molecule has 0 saturated heterocycles. The number of nitrogens with zero attached hydrogens (tertiary/aromatic N) is 1. The third-order valence-electron chi connectivity index (χ3n) is 2.69. The zero-order chi connectivity index (χ0) is 13.0. The number of imidazole rings is 1. The summed E-state index contributed by atoms with van der Waals surface area (Å²) in [4.78, 5) is 7.54. The Hall–Kier alpha value is -1.81. The molecule has 2 aromatic rings. The highest BCUT2D eigenvalue weighted by atomic mass is 16.5. The fourth-order valence-electron chi connectivity index (χ4n) is 1.64. The van der Waals surface area contributed by atoms with Crippen molar-refractivity contribution in [1.82, 2.24) is 9.97 Å². The van der Waals surface area contributed by atoms with Crippen LogP contribution in [-0.4, -0.2) is 16.6 Å². The van der Waals surface area contributed by atoms with E-state index in [1.807, 2.05) is 31.2 Å². The lowest BCUT2D eigenvalue weighted by atomic mass is 10.2. The Morgan fingerprint density at radius 1 is 1.33 bits per heavy atom. The van der Waals surface area contributed by atoms with Gasteiger partial charge in [-0.05, 0) is 37.6 Å². The van der Waals surface area contributed by atoms with Crippen molar-refractivity contribution in [2.75, 3.05) is 6.61 Å². The predicted octanol–water partition coefficient (Wildman–Crippen LogP) is 2.89. The Morgan fingerprint density at radius 3 is 2.61 bits per heavy atom. The third kappa shape index (κ3) is 2.90. The van der Waals surface area contributed by atoms with Crippen LogP contribution in [0.15, 0.2) is 30.5 Å². The Balaban J connectivity index is 2.12. The summed E-state index contributed by atoms with van der Waals surface area (Å²) in [6, 6.07) is 7.88. The molecule has 0 spiro atoms. The van der Waals surface area contributed by atoms with Gasteiger partial charge in [-0.2, -0.15) is 0 Å². The van der Waals surface area contributed by atoms with E-state index in [-0.39, 0.29) is 6.04 Å². The molecule has 0 fully saturated rings. The van der Waals surface area contributed by atoms with Crippen molar-refractivity contribution in [3.8, 4) is 17.1 Å². The van der Waals surface area contributed by atoms with Gasteiger partial charge >= 0.3 is 0 Å². The molecule has 0 aliphatic rings. The highest BCUT2D eigenvalue weighted by molar-refractivity contribution is 5.56. The molecule has 18 heavy (non-hydrogen) atoms. The minimum Gasteiger partial charge on any atom is -0.494 e. The normalized spacial score (nSPS) is 12.4. The SMILES string of the molecule is CCCOc1ccc(-c2ncc(C(C)N)[nH]2)cc1. The van der Waals surface area contributed by atoms with Crippen LogP contribution in [0.3, 0.4) is 0 Å².